The highest BCUT2D eigenvalue weighted by molar-refractivity contribution is 5.91. The Hall–Kier alpha value is -1.29. The van der Waals surface area contributed by atoms with Crippen molar-refractivity contribution in [3.63, 3.8) is 0 Å². The lowest BCUT2D eigenvalue weighted by atomic mass is 10.4. The highest BCUT2D eigenvalue weighted by Crippen LogP contribution is 2.15. The molecule has 4 nitrogen and oxygen atoms in total. The third kappa shape index (κ3) is 2.44. The van der Waals surface area contributed by atoms with E-state index >= 15 is 0 Å². The smallest absolute Gasteiger partial charge is 0.289 e. The molecule has 0 aliphatic carbocycles. The molecule has 1 amide bonds. The van der Waals surface area contributed by atoms with E-state index in [4.69, 9.17) is 4.42 Å². The van der Waals surface area contributed by atoms with Crippen LogP contribution in [0.25, 0.3) is 0 Å². The van der Waals surface area contributed by atoms with Gasteiger partial charge in [0, 0.05) is 13.1 Å². The first-order chi connectivity index (χ1) is 7.81. The standard InChI is InChI=1S/C12H18N2O2/c1-2-13-9-10-5-6-11(16-10)12(15)14-7-3-4-8-14/h5-6,13H,2-4,7-9H2,1H3. The maximum absolute atomic E-state index is 11.9. The van der Waals surface area contributed by atoms with Crippen molar-refractivity contribution in [1.82, 2.24) is 10.2 Å². The van der Waals surface area contributed by atoms with Crippen LogP contribution in [0.5, 0.6) is 0 Å². The van der Waals surface area contributed by atoms with E-state index in [0.717, 1.165) is 38.2 Å². The first-order valence-electron chi connectivity index (χ1n) is 5.90. The van der Waals surface area contributed by atoms with Gasteiger partial charge in [-0.25, -0.2) is 0 Å². The molecule has 4 heteroatoms. The molecule has 1 aromatic heterocycles. The molecule has 0 saturated carbocycles. The number of carbonyl (C=O) groups excluding carboxylic acids is 1. The van der Waals surface area contributed by atoms with Crippen molar-refractivity contribution >= 4 is 5.91 Å². The van der Waals surface area contributed by atoms with Crippen LogP contribution in [0.2, 0.25) is 0 Å². The second-order valence-electron chi connectivity index (χ2n) is 4.05. The summed E-state index contributed by atoms with van der Waals surface area (Å²) in [5.41, 5.74) is 0. The zero-order chi connectivity index (χ0) is 11.4. The van der Waals surface area contributed by atoms with Crippen LogP contribution in [0.15, 0.2) is 16.5 Å². The van der Waals surface area contributed by atoms with Crippen molar-refractivity contribution in [2.75, 3.05) is 19.6 Å². The van der Waals surface area contributed by atoms with E-state index in [1.165, 1.54) is 0 Å². The molecule has 0 aromatic carbocycles. The molecule has 0 radical (unpaired) electrons. The predicted octanol–water partition coefficient (Wildman–Crippen LogP) is 1.63. The summed E-state index contributed by atoms with van der Waals surface area (Å²) in [5.74, 6) is 1.32. The third-order valence-electron chi connectivity index (χ3n) is 2.81. The van der Waals surface area contributed by atoms with Crippen LogP contribution < -0.4 is 5.32 Å². The van der Waals surface area contributed by atoms with Crippen molar-refractivity contribution in [1.29, 1.82) is 0 Å². The minimum absolute atomic E-state index is 0.0280. The predicted molar refractivity (Wildman–Crippen MR) is 61.2 cm³/mol. The van der Waals surface area contributed by atoms with Crippen LogP contribution in [0.3, 0.4) is 0 Å². The molecule has 0 spiro atoms. The summed E-state index contributed by atoms with van der Waals surface area (Å²) in [6, 6.07) is 3.64. The van der Waals surface area contributed by atoms with Gasteiger partial charge in [-0.1, -0.05) is 6.92 Å². The summed E-state index contributed by atoms with van der Waals surface area (Å²) in [7, 11) is 0. The SMILES string of the molecule is CCNCc1ccc(C(=O)N2CCCC2)o1. The van der Waals surface area contributed by atoms with E-state index < -0.39 is 0 Å². The Kier molecular flexibility index (Phi) is 3.62. The number of carbonyl (C=O) groups is 1. The fourth-order valence-corrected chi connectivity index (χ4v) is 1.91. The van der Waals surface area contributed by atoms with E-state index in [2.05, 4.69) is 5.32 Å². The summed E-state index contributed by atoms with van der Waals surface area (Å²) >= 11 is 0. The molecule has 1 aliphatic heterocycles. The Morgan fingerprint density at radius 2 is 2.19 bits per heavy atom. The summed E-state index contributed by atoms with van der Waals surface area (Å²) in [5, 5.41) is 3.17. The van der Waals surface area contributed by atoms with Gasteiger partial charge in [0.15, 0.2) is 5.76 Å². The van der Waals surface area contributed by atoms with Crippen molar-refractivity contribution in [3.05, 3.63) is 23.7 Å². The quantitative estimate of drug-likeness (QED) is 0.842. The van der Waals surface area contributed by atoms with Gasteiger partial charge < -0.3 is 14.6 Å². The average molecular weight is 222 g/mol. The second-order valence-corrected chi connectivity index (χ2v) is 4.05. The molecule has 88 valence electrons. The zero-order valence-electron chi connectivity index (χ0n) is 9.66. The number of amides is 1. The summed E-state index contributed by atoms with van der Waals surface area (Å²) in [4.78, 5) is 13.8. The van der Waals surface area contributed by atoms with Gasteiger partial charge in [-0.15, -0.1) is 0 Å². The number of furan rings is 1. The van der Waals surface area contributed by atoms with Gasteiger partial charge in [0.05, 0.1) is 6.54 Å². The van der Waals surface area contributed by atoms with Crippen LogP contribution >= 0.6 is 0 Å². The Morgan fingerprint density at radius 3 is 2.88 bits per heavy atom. The normalized spacial score (nSPS) is 15.7. The van der Waals surface area contributed by atoms with Gasteiger partial charge >= 0.3 is 0 Å². The second kappa shape index (κ2) is 5.16. The summed E-state index contributed by atoms with van der Waals surface area (Å²) < 4.78 is 5.51. The Bertz CT molecular complexity index is 354. The topological polar surface area (TPSA) is 45.5 Å². The number of hydrogen-bond acceptors (Lipinski definition) is 3. The van der Waals surface area contributed by atoms with Crippen molar-refractivity contribution in [2.24, 2.45) is 0 Å². The minimum Gasteiger partial charge on any atom is -0.455 e. The van der Waals surface area contributed by atoms with Crippen LogP contribution in [-0.2, 0) is 6.54 Å². The van der Waals surface area contributed by atoms with Crippen LogP contribution in [0.1, 0.15) is 36.1 Å². The Labute approximate surface area is 95.6 Å². The molecule has 0 atom stereocenters. The molecule has 0 bridgehead atoms. The molecule has 1 saturated heterocycles. The number of hydrogen-bond donors (Lipinski definition) is 1. The number of rotatable bonds is 4. The summed E-state index contributed by atoms with van der Waals surface area (Å²) in [6.45, 7) is 5.35. The Balaban J connectivity index is 1.97. The lowest BCUT2D eigenvalue weighted by molar-refractivity contribution is 0.0759. The Morgan fingerprint density at radius 1 is 1.44 bits per heavy atom. The number of nitrogens with zero attached hydrogens (tertiary/aromatic N) is 1. The number of likely N-dealkylation sites (tertiary alicyclic amines) is 1. The fourth-order valence-electron chi connectivity index (χ4n) is 1.91. The first kappa shape index (κ1) is 11.2. The molecule has 2 rings (SSSR count). The van der Waals surface area contributed by atoms with Crippen molar-refractivity contribution < 1.29 is 9.21 Å². The summed E-state index contributed by atoms with van der Waals surface area (Å²) in [6.07, 6.45) is 2.22. The van der Waals surface area contributed by atoms with Gasteiger partial charge in [-0.2, -0.15) is 0 Å². The van der Waals surface area contributed by atoms with Crippen LogP contribution in [0.4, 0.5) is 0 Å². The molecule has 0 unspecified atom stereocenters. The van der Waals surface area contributed by atoms with Gasteiger partial charge in [0.25, 0.3) is 5.91 Å². The van der Waals surface area contributed by atoms with Gasteiger partial charge in [-0.05, 0) is 31.5 Å². The zero-order valence-corrected chi connectivity index (χ0v) is 9.66. The first-order valence-corrected chi connectivity index (χ1v) is 5.90. The molecular weight excluding hydrogens is 204 g/mol. The minimum atomic E-state index is 0.0280. The van der Waals surface area contributed by atoms with E-state index in [-0.39, 0.29) is 5.91 Å². The maximum Gasteiger partial charge on any atom is 0.289 e. The fraction of sp³-hybridized carbons (Fsp3) is 0.583. The lowest BCUT2D eigenvalue weighted by Crippen LogP contribution is -2.27. The molecule has 1 N–H and O–H groups in total. The maximum atomic E-state index is 11.9. The van der Waals surface area contributed by atoms with E-state index in [0.29, 0.717) is 12.3 Å². The van der Waals surface area contributed by atoms with Gasteiger partial charge in [-0.3, -0.25) is 4.79 Å². The van der Waals surface area contributed by atoms with Gasteiger partial charge in [0.1, 0.15) is 5.76 Å². The molecule has 1 aromatic rings. The molecule has 2 heterocycles. The van der Waals surface area contributed by atoms with Crippen LogP contribution in [-0.4, -0.2) is 30.4 Å². The van der Waals surface area contributed by atoms with Crippen molar-refractivity contribution in [3.8, 4) is 0 Å². The van der Waals surface area contributed by atoms with E-state index in [9.17, 15) is 4.79 Å². The molecule has 16 heavy (non-hydrogen) atoms. The van der Waals surface area contributed by atoms with Crippen molar-refractivity contribution in [2.45, 2.75) is 26.3 Å². The van der Waals surface area contributed by atoms with Gasteiger partial charge in [0.2, 0.25) is 0 Å². The van der Waals surface area contributed by atoms with E-state index in [1.54, 1.807) is 6.07 Å². The average Bonchev–Trinajstić information content (AvgIpc) is 2.96. The molecule has 1 aliphatic rings. The molecule has 1 fully saturated rings. The highest BCUT2D eigenvalue weighted by Gasteiger charge is 2.21. The largest absolute Gasteiger partial charge is 0.455 e. The molecular formula is C12H18N2O2. The third-order valence-corrected chi connectivity index (χ3v) is 2.81. The van der Waals surface area contributed by atoms with E-state index in [1.807, 2.05) is 17.9 Å². The lowest BCUT2D eigenvalue weighted by Gasteiger charge is -2.12. The van der Waals surface area contributed by atoms with Crippen LogP contribution in [0, 0.1) is 0 Å². The monoisotopic (exact) mass is 222 g/mol. The highest BCUT2D eigenvalue weighted by atomic mass is 16.4. The number of nitrogens with one attached hydrogen (secondary N) is 1.